The molecule has 0 heterocycles. The molecule has 0 aliphatic rings. The molecule has 12 heavy (non-hydrogen) atoms. The van der Waals surface area contributed by atoms with E-state index in [2.05, 4.69) is 25.7 Å². The van der Waals surface area contributed by atoms with Crippen LogP contribution in [0.2, 0.25) is 0 Å². The van der Waals surface area contributed by atoms with Crippen LogP contribution in [0.3, 0.4) is 0 Å². The molecule has 0 saturated heterocycles. The van der Waals surface area contributed by atoms with Gasteiger partial charge >= 0.3 is 0 Å². The van der Waals surface area contributed by atoms with Crippen LogP contribution in [-0.4, -0.2) is 6.16 Å². The maximum Gasteiger partial charge on any atom is -0.0319 e. The van der Waals surface area contributed by atoms with Gasteiger partial charge in [-0.3, -0.25) is 0 Å². The van der Waals surface area contributed by atoms with Crippen molar-refractivity contribution < 1.29 is 0 Å². The van der Waals surface area contributed by atoms with E-state index in [0.717, 1.165) is 8.58 Å². The van der Waals surface area contributed by atoms with Crippen LogP contribution < -0.4 is 0 Å². The van der Waals surface area contributed by atoms with Gasteiger partial charge in [-0.05, 0) is 19.0 Å². The highest BCUT2D eigenvalue weighted by Gasteiger charge is 1.87. The first-order valence-electron chi connectivity index (χ1n) is 5.30. The second-order valence-electron chi connectivity index (χ2n) is 3.18. The second kappa shape index (κ2) is 11.2. The lowest BCUT2D eigenvalue weighted by atomic mass is 10.2. The molecule has 1 heteroatoms. The molecule has 0 bridgehead atoms. The minimum atomic E-state index is 1.07. The van der Waals surface area contributed by atoms with E-state index < -0.39 is 0 Å². The lowest BCUT2D eigenvalue weighted by molar-refractivity contribution is 0.659. The van der Waals surface area contributed by atoms with E-state index in [1.807, 2.05) is 0 Å². The van der Waals surface area contributed by atoms with Crippen molar-refractivity contribution in [1.82, 2.24) is 0 Å². The Labute approximate surface area is 79.6 Å². The molecule has 72 valence electrons. The summed E-state index contributed by atoms with van der Waals surface area (Å²) in [7, 11) is 1.07. The molecule has 1 atom stereocenters. The van der Waals surface area contributed by atoms with Gasteiger partial charge in [0.25, 0.3) is 0 Å². The molecular weight excluding hydrogens is 163 g/mol. The van der Waals surface area contributed by atoms with Crippen LogP contribution in [0.4, 0.5) is 0 Å². The molecule has 0 aromatic carbocycles. The van der Waals surface area contributed by atoms with Crippen molar-refractivity contribution in [2.24, 2.45) is 0 Å². The van der Waals surface area contributed by atoms with Gasteiger partial charge in [0, 0.05) is 0 Å². The Bertz CT molecular complexity index is 97.2. The molecule has 0 aromatic rings. The minimum Gasteiger partial charge on any atom is -0.0987 e. The largest absolute Gasteiger partial charge is 0.0987 e. The number of rotatable bonds is 8. The Morgan fingerprint density at radius 1 is 1.00 bits per heavy atom. The van der Waals surface area contributed by atoms with E-state index >= 15 is 0 Å². The maximum atomic E-state index is 2.35. The molecule has 0 aliphatic carbocycles. The molecular formula is C11H23P. The van der Waals surface area contributed by atoms with Crippen LogP contribution in [0.1, 0.15) is 52.4 Å². The van der Waals surface area contributed by atoms with Crippen LogP contribution in [-0.2, 0) is 0 Å². The Morgan fingerprint density at radius 3 is 2.42 bits per heavy atom. The molecule has 0 nitrogen and oxygen atoms in total. The molecule has 0 spiro atoms. The topological polar surface area (TPSA) is 0 Å². The van der Waals surface area contributed by atoms with E-state index in [9.17, 15) is 0 Å². The van der Waals surface area contributed by atoms with E-state index in [4.69, 9.17) is 0 Å². The first kappa shape index (κ1) is 12.2. The molecule has 0 aliphatic heterocycles. The molecule has 1 unspecified atom stereocenters. The molecule has 0 N–H and O–H groups in total. The van der Waals surface area contributed by atoms with Crippen molar-refractivity contribution in [2.45, 2.75) is 52.4 Å². The van der Waals surface area contributed by atoms with Crippen molar-refractivity contribution in [3.63, 3.8) is 0 Å². The molecule has 0 amide bonds. The predicted octanol–water partition coefficient (Wildman–Crippen LogP) is 4.56. The van der Waals surface area contributed by atoms with Crippen molar-refractivity contribution >= 4 is 8.58 Å². The van der Waals surface area contributed by atoms with Crippen molar-refractivity contribution in [1.29, 1.82) is 0 Å². The number of hydrogen-bond acceptors (Lipinski definition) is 0. The summed E-state index contributed by atoms with van der Waals surface area (Å²) in [6.45, 7) is 4.47. The van der Waals surface area contributed by atoms with E-state index in [1.165, 1.54) is 44.7 Å². The van der Waals surface area contributed by atoms with Crippen LogP contribution in [0.25, 0.3) is 0 Å². The molecule has 0 aromatic heterocycles. The summed E-state index contributed by atoms with van der Waals surface area (Å²) in [6, 6.07) is 0. The van der Waals surface area contributed by atoms with E-state index in [0.29, 0.717) is 0 Å². The van der Waals surface area contributed by atoms with Gasteiger partial charge in [0.15, 0.2) is 0 Å². The SMILES string of the molecule is CC/C=C/PCCCCCCC. The molecule has 0 fully saturated rings. The molecule has 0 rings (SSSR count). The normalized spacial score (nSPS) is 12.2. The van der Waals surface area contributed by atoms with Crippen LogP contribution in [0, 0.1) is 0 Å². The van der Waals surface area contributed by atoms with Gasteiger partial charge in [0.05, 0.1) is 0 Å². The Balaban J connectivity index is 2.86. The van der Waals surface area contributed by atoms with E-state index in [1.54, 1.807) is 0 Å². The maximum absolute atomic E-state index is 2.35. The third-order valence-corrected chi connectivity index (χ3v) is 3.01. The lowest BCUT2D eigenvalue weighted by Crippen LogP contribution is -1.78. The molecule has 0 radical (unpaired) electrons. The van der Waals surface area contributed by atoms with Gasteiger partial charge in [0.1, 0.15) is 0 Å². The Hall–Kier alpha value is 0.170. The second-order valence-corrected chi connectivity index (χ2v) is 4.42. The quantitative estimate of drug-likeness (QED) is 0.385. The van der Waals surface area contributed by atoms with Crippen molar-refractivity contribution in [3.8, 4) is 0 Å². The van der Waals surface area contributed by atoms with Gasteiger partial charge in [-0.1, -0.05) is 60.0 Å². The fraction of sp³-hybridized carbons (Fsp3) is 0.818. The number of allylic oxidation sites excluding steroid dienone is 1. The first-order chi connectivity index (χ1) is 5.91. The first-order valence-corrected chi connectivity index (χ1v) is 6.58. The van der Waals surface area contributed by atoms with Gasteiger partial charge in [0.2, 0.25) is 0 Å². The van der Waals surface area contributed by atoms with Crippen molar-refractivity contribution in [2.75, 3.05) is 6.16 Å². The third kappa shape index (κ3) is 10.2. The molecule has 0 saturated carbocycles. The highest BCUT2D eigenvalue weighted by Crippen LogP contribution is 2.15. The predicted molar refractivity (Wildman–Crippen MR) is 61.4 cm³/mol. The van der Waals surface area contributed by atoms with Crippen LogP contribution in [0.15, 0.2) is 11.9 Å². The average Bonchev–Trinajstić information content (AvgIpc) is 2.10. The van der Waals surface area contributed by atoms with Gasteiger partial charge in [-0.25, -0.2) is 0 Å². The summed E-state index contributed by atoms with van der Waals surface area (Å²) in [6.07, 6.45) is 12.0. The number of unbranched alkanes of at least 4 members (excludes halogenated alkanes) is 4. The summed E-state index contributed by atoms with van der Waals surface area (Å²) < 4.78 is 0. The smallest absolute Gasteiger partial charge is 0.0319 e. The van der Waals surface area contributed by atoms with Crippen LogP contribution >= 0.6 is 8.58 Å². The van der Waals surface area contributed by atoms with Gasteiger partial charge < -0.3 is 0 Å². The highest BCUT2D eigenvalue weighted by atomic mass is 31.1. The average molecular weight is 186 g/mol. The fourth-order valence-corrected chi connectivity index (χ4v) is 2.14. The zero-order valence-electron chi connectivity index (χ0n) is 8.60. The Kier molecular flexibility index (Phi) is 11.3. The van der Waals surface area contributed by atoms with Gasteiger partial charge in [-0.15, -0.1) is 0 Å². The minimum absolute atomic E-state index is 1.07. The lowest BCUT2D eigenvalue weighted by Gasteiger charge is -1.97. The monoisotopic (exact) mass is 186 g/mol. The zero-order valence-corrected chi connectivity index (χ0v) is 9.60. The summed E-state index contributed by atoms with van der Waals surface area (Å²) in [5, 5.41) is 0. The van der Waals surface area contributed by atoms with Crippen LogP contribution in [0.5, 0.6) is 0 Å². The standard InChI is InChI=1S/C11H23P/c1-3-5-7-8-9-11-12-10-6-4-2/h6,10,12H,3-5,7-9,11H2,1-2H3/b10-6+. The highest BCUT2D eigenvalue weighted by molar-refractivity contribution is 7.41. The van der Waals surface area contributed by atoms with Gasteiger partial charge in [-0.2, -0.15) is 0 Å². The summed E-state index contributed by atoms with van der Waals surface area (Å²) in [4.78, 5) is 0. The zero-order chi connectivity index (χ0) is 9.07. The summed E-state index contributed by atoms with van der Waals surface area (Å²) >= 11 is 0. The summed E-state index contributed by atoms with van der Waals surface area (Å²) in [5.74, 6) is 2.35. The third-order valence-electron chi connectivity index (χ3n) is 1.90. The number of hydrogen-bond donors (Lipinski definition) is 0. The van der Waals surface area contributed by atoms with E-state index in [-0.39, 0.29) is 0 Å². The fourth-order valence-electron chi connectivity index (χ4n) is 1.12. The summed E-state index contributed by atoms with van der Waals surface area (Å²) in [5.41, 5.74) is 0. The van der Waals surface area contributed by atoms with Crippen molar-refractivity contribution in [3.05, 3.63) is 11.9 Å². The Morgan fingerprint density at radius 2 is 1.75 bits per heavy atom.